The van der Waals surface area contributed by atoms with Crippen LogP contribution in [0.25, 0.3) is 0 Å². The van der Waals surface area contributed by atoms with Crippen LogP contribution in [-0.2, 0) is 23.9 Å². The average molecular weight is 652 g/mol. The van der Waals surface area contributed by atoms with Gasteiger partial charge in [0.15, 0.2) is 11.5 Å². The molecule has 1 unspecified atom stereocenters. The Labute approximate surface area is 276 Å². The summed E-state index contributed by atoms with van der Waals surface area (Å²) in [6, 6.07) is 7.19. The van der Waals surface area contributed by atoms with Crippen LogP contribution in [0.3, 0.4) is 0 Å². The molecule has 0 spiro atoms. The Balaban J connectivity index is 2.30. The van der Waals surface area contributed by atoms with Gasteiger partial charge in [-0.2, -0.15) is 0 Å². The summed E-state index contributed by atoms with van der Waals surface area (Å²) in [5.74, 6) is -3.03. The van der Waals surface area contributed by atoms with Crippen LogP contribution in [0.5, 0.6) is 23.0 Å². The van der Waals surface area contributed by atoms with Gasteiger partial charge in [-0.1, -0.05) is 0 Å². The van der Waals surface area contributed by atoms with E-state index in [0.717, 1.165) is 0 Å². The highest BCUT2D eigenvalue weighted by atomic mass is 16.6. The molecule has 254 valence electrons. The van der Waals surface area contributed by atoms with Crippen molar-refractivity contribution >= 4 is 41.1 Å². The van der Waals surface area contributed by atoms with Gasteiger partial charge in [0.05, 0.1) is 45.7 Å². The molecular formula is C36H45NO10. The summed E-state index contributed by atoms with van der Waals surface area (Å²) in [6.45, 7) is 20.0. The number of hydrogen-bond donors (Lipinski definition) is 0. The minimum Gasteiger partial charge on any atom is -0.493 e. The molecule has 0 N–H and O–H groups in total. The van der Waals surface area contributed by atoms with Gasteiger partial charge in [-0.3, -0.25) is 24.0 Å². The normalized spacial score (nSPS) is 15.2. The van der Waals surface area contributed by atoms with Gasteiger partial charge < -0.3 is 23.7 Å². The first-order chi connectivity index (χ1) is 21.3. The number of hydrogen-bond acceptors (Lipinski definition) is 11. The Morgan fingerprint density at radius 3 is 1.60 bits per heavy atom. The zero-order valence-electron chi connectivity index (χ0n) is 29.5. The molecule has 3 rings (SSSR count). The molecule has 0 saturated carbocycles. The Kier molecular flexibility index (Phi) is 10.2. The summed E-state index contributed by atoms with van der Waals surface area (Å²) >= 11 is 0. The molecule has 11 nitrogen and oxygen atoms in total. The predicted molar refractivity (Wildman–Crippen MR) is 175 cm³/mol. The average Bonchev–Trinajstić information content (AvgIpc) is 2.92. The maximum atomic E-state index is 14.3. The number of aliphatic imine (C=N–C) groups is 1. The molecule has 1 heterocycles. The van der Waals surface area contributed by atoms with Crippen LogP contribution < -0.4 is 18.9 Å². The fraction of sp³-hybridized carbons (Fsp3) is 0.500. The molecule has 2 aromatic rings. The van der Waals surface area contributed by atoms with E-state index >= 15 is 0 Å². The highest BCUT2D eigenvalue weighted by Crippen LogP contribution is 2.42. The van der Waals surface area contributed by atoms with Crippen LogP contribution >= 0.6 is 0 Å². The third kappa shape index (κ3) is 8.64. The summed E-state index contributed by atoms with van der Waals surface area (Å²) in [6.07, 6.45) is -1.56. The van der Waals surface area contributed by atoms with Crippen molar-refractivity contribution in [2.75, 3.05) is 7.11 Å². The Bertz CT molecular complexity index is 1640. The van der Waals surface area contributed by atoms with Crippen LogP contribution in [0.4, 0.5) is 5.69 Å². The van der Waals surface area contributed by atoms with Gasteiger partial charge in [0.25, 0.3) is 0 Å². The van der Waals surface area contributed by atoms with E-state index < -0.39 is 57.4 Å². The first-order valence-corrected chi connectivity index (χ1v) is 15.2. The van der Waals surface area contributed by atoms with Gasteiger partial charge in [0, 0.05) is 17.7 Å². The van der Waals surface area contributed by atoms with Gasteiger partial charge >= 0.3 is 23.9 Å². The number of nitrogens with zero attached hydrogens (tertiary/aromatic N) is 1. The van der Waals surface area contributed by atoms with Gasteiger partial charge in [0.2, 0.25) is 11.9 Å². The number of rotatable bonds is 6. The maximum absolute atomic E-state index is 14.3. The zero-order valence-corrected chi connectivity index (χ0v) is 29.5. The van der Waals surface area contributed by atoms with E-state index in [1.165, 1.54) is 31.4 Å². The van der Waals surface area contributed by atoms with Crippen molar-refractivity contribution < 1.29 is 47.7 Å². The number of benzene rings is 2. The van der Waals surface area contributed by atoms with E-state index in [1.807, 2.05) is 0 Å². The van der Waals surface area contributed by atoms with Crippen molar-refractivity contribution in [1.29, 1.82) is 0 Å². The number of fused-ring (bicyclic) bond motifs is 1. The second kappa shape index (κ2) is 12.9. The molecule has 1 aliphatic heterocycles. The Morgan fingerprint density at radius 1 is 0.617 bits per heavy atom. The zero-order chi connectivity index (χ0) is 35.9. The van der Waals surface area contributed by atoms with Crippen molar-refractivity contribution in [3.05, 3.63) is 41.5 Å². The third-order valence-electron chi connectivity index (χ3n) is 6.78. The molecule has 11 heteroatoms. The monoisotopic (exact) mass is 651 g/mol. The number of ether oxygens (including phenoxy) is 5. The first kappa shape index (κ1) is 36.9. The molecule has 2 aromatic carbocycles. The molecule has 1 atom stereocenters. The molecule has 47 heavy (non-hydrogen) atoms. The second-order valence-corrected chi connectivity index (χ2v) is 15.5. The van der Waals surface area contributed by atoms with Crippen molar-refractivity contribution in [1.82, 2.24) is 0 Å². The minimum atomic E-state index is -1.56. The van der Waals surface area contributed by atoms with Crippen molar-refractivity contribution in [3.8, 4) is 23.0 Å². The van der Waals surface area contributed by atoms with Crippen LogP contribution in [0.15, 0.2) is 35.3 Å². The number of esters is 4. The molecule has 1 aliphatic rings. The summed E-state index contributed by atoms with van der Waals surface area (Å²) in [5.41, 5.74) is -3.37. The highest BCUT2D eigenvalue weighted by Gasteiger charge is 2.41. The van der Waals surface area contributed by atoms with E-state index in [0.29, 0.717) is 5.56 Å². The quantitative estimate of drug-likeness (QED) is 0.241. The van der Waals surface area contributed by atoms with E-state index in [9.17, 15) is 24.0 Å². The molecule has 0 fully saturated rings. The van der Waals surface area contributed by atoms with E-state index in [4.69, 9.17) is 28.7 Å². The SMILES string of the molecule is COc1cc(C2=Nc3cc(OC(=O)C(C)(C)C)cc(OC(=O)C(C)(C)C)c3C(=O)C2OC(=O)C(C)(C)C)ccc1OC(=O)C(C)(C)C. The summed E-state index contributed by atoms with van der Waals surface area (Å²) < 4.78 is 28.2. The fourth-order valence-corrected chi connectivity index (χ4v) is 3.78. The van der Waals surface area contributed by atoms with Gasteiger partial charge in [-0.25, -0.2) is 4.99 Å². The fourth-order valence-electron chi connectivity index (χ4n) is 3.78. The summed E-state index contributed by atoms with van der Waals surface area (Å²) in [5, 5.41) is 0. The van der Waals surface area contributed by atoms with Crippen molar-refractivity contribution in [2.24, 2.45) is 26.7 Å². The van der Waals surface area contributed by atoms with Crippen LogP contribution in [0, 0.1) is 21.7 Å². The largest absolute Gasteiger partial charge is 0.493 e. The number of ketones is 1. The molecule has 0 saturated heterocycles. The van der Waals surface area contributed by atoms with E-state index in [-0.39, 0.29) is 40.0 Å². The number of carbonyl (C=O) groups is 5. The molecule has 0 aliphatic carbocycles. The lowest BCUT2D eigenvalue weighted by Crippen LogP contribution is -2.41. The molecule has 0 bridgehead atoms. The Hall–Kier alpha value is -4.54. The van der Waals surface area contributed by atoms with Gasteiger partial charge in [-0.15, -0.1) is 0 Å². The van der Waals surface area contributed by atoms with E-state index in [1.54, 1.807) is 89.2 Å². The predicted octanol–water partition coefficient (Wildman–Crippen LogP) is 6.82. The topological polar surface area (TPSA) is 144 Å². The summed E-state index contributed by atoms with van der Waals surface area (Å²) in [4.78, 5) is 70.7. The summed E-state index contributed by atoms with van der Waals surface area (Å²) in [7, 11) is 1.39. The number of carbonyl (C=O) groups excluding carboxylic acids is 5. The van der Waals surface area contributed by atoms with Gasteiger partial charge in [-0.05, 0) is 101 Å². The smallest absolute Gasteiger partial charge is 0.316 e. The third-order valence-corrected chi connectivity index (χ3v) is 6.78. The second-order valence-electron chi connectivity index (χ2n) is 15.5. The van der Waals surface area contributed by atoms with Crippen molar-refractivity contribution in [2.45, 2.75) is 89.2 Å². The standard InChI is InChI=1S/C36H45NO10/c1-33(2,3)29(39)44-20-17-21-25(24(18-20)46-31(41)35(7,8)9)27(38)28(47-32(42)36(10,11)12)26(37-21)19-14-15-22(23(16-19)43-13)45-30(40)34(4,5)6/h14-18,28H,1-13H3. The lowest BCUT2D eigenvalue weighted by atomic mass is 9.91. The maximum Gasteiger partial charge on any atom is 0.316 e. The molecule has 0 aromatic heterocycles. The lowest BCUT2D eigenvalue weighted by Gasteiger charge is -2.29. The first-order valence-electron chi connectivity index (χ1n) is 15.2. The highest BCUT2D eigenvalue weighted by molar-refractivity contribution is 6.27. The number of methoxy groups -OCH3 is 1. The lowest BCUT2D eigenvalue weighted by molar-refractivity contribution is -0.154. The molecule has 0 radical (unpaired) electrons. The molecule has 0 amide bonds. The molecular weight excluding hydrogens is 606 g/mol. The van der Waals surface area contributed by atoms with Crippen molar-refractivity contribution in [3.63, 3.8) is 0 Å². The Morgan fingerprint density at radius 2 is 1.11 bits per heavy atom. The van der Waals surface area contributed by atoms with Gasteiger partial charge in [0.1, 0.15) is 11.5 Å². The van der Waals surface area contributed by atoms with E-state index in [2.05, 4.69) is 0 Å². The number of Topliss-reactive ketones (excluding diaryl/α,β-unsaturated/α-hetero) is 1. The van der Waals surface area contributed by atoms with Crippen LogP contribution in [0.1, 0.15) is 99.0 Å². The van der Waals surface area contributed by atoms with Crippen LogP contribution in [-0.4, -0.2) is 48.6 Å². The van der Waals surface area contributed by atoms with Crippen LogP contribution in [0.2, 0.25) is 0 Å². The minimum absolute atomic E-state index is 0.0107.